The fourth-order valence-electron chi connectivity index (χ4n) is 2.00. The van der Waals surface area contributed by atoms with Crippen LogP contribution in [0.2, 0.25) is 0 Å². The highest BCUT2D eigenvalue weighted by Crippen LogP contribution is 2.16. The number of fused-ring (bicyclic) bond motifs is 1. The van der Waals surface area contributed by atoms with Crippen LogP contribution < -0.4 is 10.9 Å². The highest BCUT2D eigenvalue weighted by molar-refractivity contribution is 14.1. The molecular formula is C16H12IN3O2S. The number of H-pyrrole nitrogens is 1. The summed E-state index contributed by atoms with van der Waals surface area (Å²) in [6.45, 7) is 0. The van der Waals surface area contributed by atoms with Crippen LogP contribution in [0.3, 0.4) is 0 Å². The molecule has 5 nitrogen and oxygen atoms in total. The molecule has 0 bridgehead atoms. The van der Waals surface area contributed by atoms with Gasteiger partial charge < -0.3 is 10.3 Å². The lowest BCUT2D eigenvalue weighted by Crippen LogP contribution is -2.15. The maximum absolute atomic E-state index is 12.0. The predicted octanol–water partition coefficient (Wildman–Crippen LogP) is 3.26. The van der Waals surface area contributed by atoms with E-state index < -0.39 is 0 Å². The molecule has 0 aliphatic carbocycles. The molecule has 0 radical (unpaired) electrons. The van der Waals surface area contributed by atoms with Crippen molar-refractivity contribution in [2.45, 2.75) is 5.16 Å². The van der Waals surface area contributed by atoms with E-state index >= 15 is 0 Å². The number of anilines is 1. The largest absolute Gasteiger partial charge is 0.325 e. The summed E-state index contributed by atoms with van der Waals surface area (Å²) in [5.41, 5.74) is 1.17. The van der Waals surface area contributed by atoms with Crippen LogP contribution in [0.5, 0.6) is 0 Å². The van der Waals surface area contributed by atoms with Gasteiger partial charge in [-0.2, -0.15) is 0 Å². The molecule has 0 saturated heterocycles. The van der Waals surface area contributed by atoms with Crippen molar-refractivity contribution >= 4 is 56.9 Å². The topological polar surface area (TPSA) is 74.8 Å². The van der Waals surface area contributed by atoms with Gasteiger partial charge in [-0.15, -0.1) is 0 Å². The van der Waals surface area contributed by atoms with Gasteiger partial charge in [-0.25, -0.2) is 4.98 Å². The lowest BCUT2D eigenvalue weighted by atomic mass is 10.2. The van der Waals surface area contributed by atoms with Crippen LogP contribution in [0.15, 0.2) is 58.5 Å². The Bertz CT molecular complexity index is 909. The van der Waals surface area contributed by atoms with Crippen molar-refractivity contribution in [1.82, 2.24) is 9.97 Å². The molecule has 0 aliphatic heterocycles. The Kier molecular flexibility index (Phi) is 4.97. The molecule has 2 N–H and O–H groups in total. The maximum Gasteiger partial charge on any atom is 0.259 e. The van der Waals surface area contributed by atoms with Gasteiger partial charge in [0.2, 0.25) is 5.91 Å². The first kappa shape index (κ1) is 16.0. The number of carbonyl (C=O) groups excluding carboxylic acids is 1. The molecule has 3 aromatic rings. The molecule has 0 spiro atoms. The number of hydrogen-bond donors (Lipinski definition) is 2. The van der Waals surface area contributed by atoms with E-state index in [2.05, 4.69) is 37.9 Å². The van der Waals surface area contributed by atoms with Crippen molar-refractivity contribution in [3.8, 4) is 0 Å². The van der Waals surface area contributed by atoms with Gasteiger partial charge in [-0.3, -0.25) is 9.59 Å². The summed E-state index contributed by atoms with van der Waals surface area (Å²) in [6, 6.07) is 14.7. The summed E-state index contributed by atoms with van der Waals surface area (Å²) in [5, 5.41) is 3.79. The van der Waals surface area contributed by atoms with Crippen molar-refractivity contribution in [1.29, 1.82) is 0 Å². The maximum atomic E-state index is 12.0. The Morgan fingerprint density at radius 2 is 1.91 bits per heavy atom. The van der Waals surface area contributed by atoms with Crippen LogP contribution in [0.1, 0.15) is 0 Å². The predicted molar refractivity (Wildman–Crippen MR) is 101 cm³/mol. The Labute approximate surface area is 150 Å². The smallest absolute Gasteiger partial charge is 0.259 e. The fraction of sp³-hybridized carbons (Fsp3) is 0.0625. The summed E-state index contributed by atoms with van der Waals surface area (Å²) < 4.78 is 1.10. The zero-order valence-corrected chi connectivity index (χ0v) is 14.8. The monoisotopic (exact) mass is 437 g/mol. The molecule has 0 unspecified atom stereocenters. The van der Waals surface area contributed by atoms with E-state index in [4.69, 9.17) is 0 Å². The van der Waals surface area contributed by atoms with E-state index in [0.29, 0.717) is 16.1 Å². The minimum absolute atomic E-state index is 0.146. The van der Waals surface area contributed by atoms with Crippen molar-refractivity contribution in [3.63, 3.8) is 0 Å². The molecule has 0 saturated carbocycles. The van der Waals surface area contributed by atoms with Crippen molar-refractivity contribution < 1.29 is 4.79 Å². The molecule has 1 amide bonds. The van der Waals surface area contributed by atoms with E-state index in [0.717, 1.165) is 9.26 Å². The van der Waals surface area contributed by atoms with Gasteiger partial charge in [0.25, 0.3) is 5.56 Å². The lowest BCUT2D eigenvalue weighted by molar-refractivity contribution is -0.113. The van der Waals surface area contributed by atoms with Gasteiger partial charge >= 0.3 is 0 Å². The molecule has 116 valence electrons. The SMILES string of the molecule is O=C(CSc1nc2ccccc2c(=O)[nH]1)Nc1ccc(I)cc1. The zero-order chi connectivity index (χ0) is 16.2. The third-order valence-corrected chi connectivity index (χ3v) is 4.65. The van der Waals surface area contributed by atoms with E-state index in [1.165, 1.54) is 11.8 Å². The second-order valence-corrected chi connectivity index (χ2v) is 6.94. The van der Waals surface area contributed by atoms with Crippen LogP contribution in [0.4, 0.5) is 5.69 Å². The van der Waals surface area contributed by atoms with Gasteiger partial charge in [0.1, 0.15) is 0 Å². The van der Waals surface area contributed by atoms with Crippen molar-refractivity contribution in [3.05, 3.63) is 62.5 Å². The van der Waals surface area contributed by atoms with E-state index in [1.54, 1.807) is 18.2 Å². The highest BCUT2D eigenvalue weighted by Gasteiger charge is 2.07. The van der Waals surface area contributed by atoms with Crippen LogP contribution in [0.25, 0.3) is 10.9 Å². The van der Waals surface area contributed by atoms with Crippen LogP contribution in [-0.2, 0) is 4.79 Å². The van der Waals surface area contributed by atoms with Crippen LogP contribution in [0, 0.1) is 3.57 Å². The molecule has 23 heavy (non-hydrogen) atoms. The summed E-state index contributed by atoms with van der Waals surface area (Å²) >= 11 is 3.41. The van der Waals surface area contributed by atoms with Gasteiger partial charge in [0.15, 0.2) is 5.16 Å². The standard InChI is InChI=1S/C16H12IN3O2S/c17-10-5-7-11(8-6-10)18-14(21)9-23-16-19-13-4-2-1-3-12(13)15(22)20-16/h1-8H,9H2,(H,18,21)(H,19,20,22). The molecule has 0 fully saturated rings. The number of halogens is 1. The molecule has 0 atom stereocenters. The van der Waals surface area contributed by atoms with Crippen LogP contribution >= 0.6 is 34.4 Å². The Hall–Kier alpha value is -1.87. The summed E-state index contributed by atoms with van der Waals surface area (Å²) in [5.74, 6) is 0.0276. The van der Waals surface area contributed by atoms with E-state index in [1.807, 2.05) is 30.3 Å². The lowest BCUT2D eigenvalue weighted by Gasteiger charge is -2.05. The molecular weight excluding hydrogens is 425 g/mol. The second-order valence-electron chi connectivity index (χ2n) is 4.73. The summed E-state index contributed by atoms with van der Waals surface area (Å²) in [7, 11) is 0. The number of nitrogens with zero attached hydrogens (tertiary/aromatic N) is 1. The molecule has 7 heteroatoms. The average molecular weight is 437 g/mol. The zero-order valence-electron chi connectivity index (χ0n) is 11.9. The number of amides is 1. The number of thioether (sulfide) groups is 1. The van der Waals surface area contributed by atoms with Gasteiger partial charge in [0, 0.05) is 9.26 Å². The van der Waals surface area contributed by atoms with E-state index in [-0.39, 0.29) is 17.2 Å². The number of para-hydroxylation sites is 1. The fourth-order valence-corrected chi connectivity index (χ4v) is 3.02. The first-order valence-corrected chi connectivity index (χ1v) is 8.85. The van der Waals surface area contributed by atoms with Crippen molar-refractivity contribution in [2.75, 3.05) is 11.1 Å². The summed E-state index contributed by atoms with van der Waals surface area (Å²) in [6.07, 6.45) is 0. The number of aromatic nitrogens is 2. The minimum atomic E-state index is -0.198. The van der Waals surface area contributed by atoms with Crippen molar-refractivity contribution in [2.24, 2.45) is 0 Å². The normalized spacial score (nSPS) is 10.7. The second kappa shape index (κ2) is 7.14. The molecule has 1 aromatic heterocycles. The Morgan fingerprint density at radius 3 is 2.70 bits per heavy atom. The van der Waals surface area contributed by atoms with Gasteiger partial charge in [-0.05, 0) is 59.0 Å². The molecule has 3 rings (SSSR count). The van der Waals surface area contributed by atoms with E-state index in [9.17, 15) is 9.59 Å². The first-order chi connectivity index (χ1) is 11.1. The van der Waals surface area contributed by atoms with Gasteiger partial charge in [0.05, 0.1) is 16.7 Å². The summed E-state index contributed by atoms with van der Waals surface area (Å²) in [4.78, 5) is 31.0. The number of rotatable bonds is 4. The molecule has 0 aliphatic rings. The highest BCUT2D eigenvalue weighted by atomic mass is 127. The Morgan fingerprint density at radius 1 is 1.17 bits per heavy atom. The number of benzene rings is 2. The number of hydrogen-bond acceptors (Lipinski definition) is 4. The quantitative estimate of drug-likeness (QED) is 0.374. The average Bonchev–Trinajstić information content (AvgIpc) is 2.55. The number of nitrogens with one attached hydrogen (secondary N) is 2. The third kappa shape index (κ3) is 4.11. The molecule has 2 aromatic carbocycles. The Balaban J connectivity index is 1.67. The molecule has 1 heterocycles. The minimum Gasteiger partial charge on any atom is -0.325 e. The van der Waals surface area contributed by atoms with Gasteiger partial charge in [-0.1, -0.05) is 23.9 Å². The first-order valence-electron chi connectivity index (χ1n) is 6.79. The third-order valence-electron chi connectivity index (χ3n) is 3.06. The van der Waals surface area contributed by atoms with Crippen LogP contribution in [-0.4, -0.2) is 21.6 Å². The number of aromatic amines is 1. The number of carbonyl (C=O) groups is 1.